The van der Waals surface area contributed by atoms with Crippen LogP contribution >= 0.6 is 0 Å². The van der Waals surface area contributed by atoms with Gasteiger partial charge < -0.3 is 14.8 Å². The Kier molecular flexibility index (Phi) is 2.67. The van der Waals surface area contributed by atoms with Gasteiger partial charge in [0.25, 0.3) is 0 Å². The van der Waals surface area contributed by atoms with Gasteiger partial charge in [0, 0.05) is 46.3 Å². The first-order valence-corrected chi connectivity index (χ1v) is 7.97. The molecule has 0 spiro atoms. The van der Waals surface area contributed by atoms with Crippen LogP contribution in [0, 0.1) is 0 Å². The van der Waals surface area contributed by atoms with Gasteiger partial charge in [-0.15, -0.1) is 0 Å². The van der Waals surface area contributed by atoms with Crippen molar-refractivity contribution in [3.05, 3.63) is 36.4 Å². The lowest BCUT2D eigenvalue weighted by Crippen LogP contribution is -2.17. The maximum absolute atomic E-state index is 4.29. The van der Waals surface area contributed by atoms with Gasteiger partial charge in [-0.1, -0.05) is 12.1 Å². The first kappa shape index (κ1) is 12.7. The van der Waals surface area contributed by atoms with Crippen LogP contribution < -0.4 is 9.80 Å². The van der Waals surface area contributed by atoms with E-state index in [1.807, 2.05) is 12.7 Å². The number of nitrogens with zero attached hydrogens (tertiary/aromatic N) is 4. The molecule has 114 valence electrons. The Morgan fingerprint density at radius 1 is 0.739 bits per heavy atom. The molecule has 1 N–H and O–H groups in total. The molecule has 1 aromatic heterocycles. The van der Waals surface area contributed by atoms with Crippen LogP contribution in [0.25, 0.3) is 21.8 Å². The molecule has 5 rings (SSSR count). The van der Waals surface area contributed by atoms with Gasteiger partial charge >= 0.3 is 0 Å². The van der Waals surface area contributed by atoms with Crippen LogP contribution in [-0.2, 0) is 0 Å². The topological polar surface area (TPSA) is 47.0 Å². The van der Waals surface area contributed by atoms with Crippen LogP contribution in [0.1, 0.15) is 0 Å². The van der Waals surface area contributed by atoms with E-state index in [0.29, 0.717) is 0 Å². The Morgan fingerprint density at radius 3 is 1.70 bits per heavy atom. The van der Waals surface area contributed by atoms with Crippen molar-refractivity contribution >= 4 is 45.9 Å². The number of rotatable bonds is 2. The molecule has 0 fully saturated rings. The highest BCUT2D eigenvalue weighted by molar-refractivity contribution is 6.09. The SMILES string of the molecule is C1=NCCN1c1ccc2c(c1)[nH]c1cc(N3C=NCC3)ccc12. The van der Waals surface area contributed by atoms with Crippen molar-refractivity contribution in [2.45, 2.75) is 0 Å². The predicted octanol–water partition coefficient (Wildman–Crippen LogP) is 3.02. The third-order valence-corrected chi connectivity index (χ3v) is 4.61. The van der Waals surface area contributed by atoms with Gasteiger partial charge in [0.15, 0.2) is 0 Å². The normalized spacial score (nSPS) is 17.2. The summed E-state index contributed by atoms with van der Waals surface area (Å²) in [5.41, 5.74) is 4.73. The molecule has 0 bridgehead atoms. The molecule has 5 nitrogen and oxygen atoms in total. The summed E-state index contributed by atoms with van der Waals surface area (Å²) in [5.74, 6) is 0. The van der Waals surface area contributed by atoms with Crippen LogP contribution in [0.5, 0.6) is 0 Å². The summed E-state index contributed by atoms with van der Waals surface area (Å²) in [6.07, 6.45) is 3.85. The highest BCUT2D eigenvalue weighted by atomic mass is 15.2. The lowest BCUT2D eigenvalue weighted by Gasteiger charge is -2.13. The molecule has 0 unspecified atom stereocenters. The lowest BCUT2D eigenvalue weighted by atomic mass is 10.1. The van der Waals surface area contributed by atoms with Crippen molar-refractivity contribution in [1.29, 1.82) is 0 Å². The molecule has 2 aliphatic heterocycles. The molecular weight excluding hydrogens is 286 g/mol. The van der Waals surface area contributed by atoms with E-state index < -0.39 is 0 Å². The largest absolute Gasteiger partial charge is 0.354 e. The van der Waals surface area contributed by atoms with Crippen molar-refractivity contribution in [3.63, 3.8) is 0 Å². The third kappa shape index (κ3) is 2.00. The van der Waals surface area contributed by atoms with E-state index >= 15 is 0 Å². The Bertz CT molecular complexity index is 876. The summed E-state index contributed by atoms with van der Waals surface area (Å²) in [6.45, 7) is 3.69. The molecule has 0 aliphatic carbocycles. The van der Waals surface area contributed by atoms with Crippen molar-refractivity contribution < 1.29 is 0 Å². The van der Waals surface area contributed by atoms with E-state index in [9.17, 15) is 0 Å². The molecule has 23 heavy (non-hydrogen) atoms. The number of fused-ring (bicyclic) bond motifs is 3. The fourth-order valence-corrected chi connectivity index (χ4v) is 3.39. The van der Waals surface area contributed by atoms with Gasteiger partial charge in [-0.25, -0.2) is 0 Å². The number of aliphatic imine (C=N–C) groups is 2. The monoisotopic (exact) mass is 303 g/mol. The van der Waals surface area contributed by atoms with Gasteiger partial charge in [0.05, 0.1) is 25.8 Å². The number of hydrogen-bond donors (Lipinski definition) is 1. The maximum Gasteiger partial charge on any atom is 0.0895 e. The Balaban J connectivity index is 1.62. The smallest absolute Gasteiger partial charge is 0.0895 e. The fourth-order valence-electron chi connectivity index (χ4n) is 3.39. The second-order valence-electron chi connectivity index (χ2n) is 6.01. The first-order chi connectivity index (χ1) is 11.4. The van der Waals surface area contributed by atoms with Crippen molar-refractivity contribution in [1.82, 2.24) is 4.98 Å². The number of nitrogens with one attached hydrogen (secondary N) is 1. The molecule has 3 aromatic rings. The average Bonchev–Trinajstić information content (AvgIpc) is 3.32. The summed E-state index contributed by atoms with van der Waals surface area (Å²) in [5, 5.41) is 2.53. The number of hydrogen-bond acceptors (Lipinski definition) is 4. The van der Waals surface area contributed by atoms with Crippen LogP contribution in [0.3, 0.4) is 0 Å². The lowest BCUT2D eigenvalue weighted by molar-refractivity contribution is 1.02. The van der Waals surface area contributed by atoms with Gasteiger partial charge in [0.2, 0.25) is 0 Å². The standard InChI is InChI=1S/C18H17N5/c1-3-15-16-4-2-14(23-8-6-20-12-23)10-18(16)21-17(15)9-13(1)22-7-5-19-11-22/h1-4,9-12,21H,5-8H2. The van der Waals surface area contributed by atoms with Gasteiger partial charge in [0.1, 0.15) is 0 Å². The highest BCUT2D eigenvalue weighted by Gasteiger charge is 2.13. The zero-order valence-electron chi connectivity index (χ0n) is 12.7. The quantitative estimate of drug-likeness (QED) is 0.791. The number of anilines is 2. The molecule has 5 heteroatoms. The van der Waals surface area contributed by atoms with Gasteiger partial charge in [-0.2, -0.15) is 0 Å². The second kappa shape index (κ2) is 4.84. The Labute approximate surface area is 133 Å². The van der Waals surface area contributed by atoms with Crippen molar-refractivity contribution in [2.75, 3.05) is 36.0 Å². The van der Waals surface area contributed by atoms with E-state index in [2.05, 4.69) is 61.2 Å². The van der Waals surface area contributed by atoms with E-state index in [1.165, 1.54) is 33.2 Å². The molecule has 2 aliphatic rings. The number of aromatic nitrogens is 1. The zero-order valence-corrected chi connectivity index (χ0v) is 12.7. The average molecular weight is 303 g/mol. The number of benzene rings is 2. The molecule has 2 aromatic carbocycles. The van der Waals surface area contributed by atoms with Crippen molar-refractivity contribution in [3.8, 4) is 0 Å². The second-order valence-corrected chi connectivity index (χ2v) is 6.01. The zero-order chi connectivity index (χ0) is 15.2. The van der Waals surface area contributed by atoms with Crippen molar-refractivity contribution in [2.24, 2.45) is 9.98 Å². The number of H-pyrrole nitrogens is 1. The minimum Gasteiger partial charge on any atom is -0.354 e. The highest BCUT2D eigenvalue weighted by Crippen LogP contribution is 2.31. The number of aromatic amines is 1. The van der Waals surface area contributed by atoms with Crippen LogP contribution in [0.15, 0.2) is 46.4 Å². The summed E-state index contributed by atoms with van der Waals surface area (Å²) < 4.78 is 0. The van der Waals surface area contributed by atoms with E-state index in [0.717, 1.165) is 26.2 Å². The minimum atomic E-state index is 0.880. The molecule has 3 heterocycles. The molecule has 0 atom stereocenters. The summed E-state index contributed by atoms with van der Waals surface area (Å²) >= 11 is 0. The first-order valence-electron chi connectivity index (χ1n) is 7.97. The van der Waals surface area contributed by atoms with Gasteiger partial charge in [-0.3, -0.25) is 9.98 Å². The predicted molar refractivity (Wildman–Crippen MR) is 97.2 cm³/mol. The molecule has 0 amide bonds. The molecule has 0 saturated carbocycles. The van der Waals surface area contributed by atoms with Crippen LogP contribution in [0.2, 0.25) is 0 Å². The van der Waals surface area contributed by atoms with E-state index in [1.54, 1.807) is 0 Å². The van der Waals surface area contributed by atoms with Crippen LogP contribution in [-0.4, -0.2) is 43.8 Å². The third-order valence-electron chi connectivity index (χ3n) is 4.61. The molecule has 0 radical (unpaired) electrons. The molecule has 0 saturated heterocycles. The maximum atomic E-state index is 4.29. The molecular formula is C18H17N5. The van der Waals surface area contributed by atoms with E-state index in [-0.39, 0.29) is 0 Å². The summed E-state index contributed by atoms with van der Waals surface area (Å²) in [4.78, 5) is 16.5. The Morgan fingerprint density at radius 2 is 1.26 bits per heavy atom. The Hall–Kier alpha value is -2.82. The summed E-state index contributed by atoms with van der Waals surface area (Å²) in [6, 6.07) is 13.2. The fraction of sp³-hybridized carbons (Fsp3) is 0.222. The van der Waals surface area contributed by atoms with E-state index in [4.69, 9.17) is 0 Å². The van der Waals surface area contributed by atoms with Crippen LogP contribution in [0.4, 0.5) is 11.4 Å². The minimum absolute atomic E-state index is 0.880. The summed E-state index contributed by atoms with van der Waals surface area (Å²) in [7, 11) is 0. The van der Waals surface area contributed by atoms with Gasteiger partial charge in [-0.05, 0) is 24.3 Å².